The van der Waals surface area contributed by atoms with Crippen molar-refractivity contribution in [2.24, 2.45) is 35.6 Å². The van der Waals surface area contributed by atoms with E-state index in [0.717, 1.165) is 41.9 Å². The van der Waals surface area contributed by atoms with E-state index in [1.165, 1.54) is 28.6 Å². The molecule has 7 unspecified atom stereocenters. The Hall–Kier alpha value is -2.42. The molecule has 2 heterocycles. The second kappa shape index (κ2) is 9.29. The summed E-state index contributed by atoms with van der Waals surface area (Å²) >= 11 is 1.40. The predicted molar refractivity (Wildman–Crippen MR) is 166 cm³/mol. The van der Waals surface area contributed by atoms with Crippen LogP contribution in [0, 0.1) is 28.6 Å². The summed E-state index contributed by atoms with van der Waals surface area (Å²) in [5.74, 6) is 0.626. The fraction of sp³-hybridized carbons (Fsp3) is 0.618. The summed E-state index contributed by atoms with van der Waals surface area (Å²) in [7, 11) is 1.97. The molecule has 3 aromatic rings. The zero-order valence-electron chi connectivity index (χ0n) is 25.7. The zero-order chi connectivity index (χ0) is 29.8. The summed E-state index contributed by atoms with van der Waals surface area (Å²) in [6.07, 6.45) is 8.41. The molecule has 0 aliphatic heterocycles. The molecule has 0 spiro atoms. The van der Waals surface area contributed by atoms with Crippen molar-refractivity contribution in [3.05, 3.63) is 47.3 Å². The maximum Gasteiger partial charge on any atom is 0.175 e. The number of para-hydroxylation sites is 2. The first-order chi connectivity index (χ1) is 19.8. The number of carbonyl (C=O) groups is 1. The molecule has 2 aromatic heterocycles. The molecule has 7 nitrogen and oxygen atoms in total. The lowest BCUT2D eigenvalue weighted by Gasteiger charge is -2.60. The van der Waals surface area contributed by atoms with Gasteiger partial charge in [0.05, 0.1) is 40.3 Å². The molecule has 8 heteroatoms. The lowest BCUT2D eigenvalue weighted by Crippen LogP contribution is -2.62. The van der Waals surface area contributed by atoms with E-state index in [1.54, 1.807) is 0 Å². The predicted octanol–water partition coefficient (Wildman–Crippen LogP) is 5.77. The monoisotopic (exact) mass is 588 g/mol. The molecule has 0 bridgehead atoms. The number of rotatable bonds is 4. The minimum Gasteiger partial charge on any atom is -0.393 e. The molecule has 1 aromatic carbocycles. The third-order valence-corrected chi connectivity index (χ3v) is 12.8. The Kier molecular flexibility index (Phi) is 6.27. The van der Waals surface area contributed by atoms with Crippen LogP contribution in [0.2, 0.25) is 0 Å². The van der Waals surface area contributed by atoms with Gasteiger partial charge in [-0.2, -0.15) is 5.10 Å². The maximum absolute atomic E-state index is 13.9. The molecule has 0 amide bonds. The van der Waals surface area contributed by atoms with Crippen molar-refractivity contribution in [1.82, 2.24) is 19.3 Å². The molecule has 2 N–H and O–H groups in total. The number of Topliss-reactive ketones (excluding diaryl/α,β-unsaturated/α-hetero) is 1. The van der Waals surface area contributed by atoms with E-state index in [2.05, 4.69) is 45.4 Å². The number of aromatic nitrogens is 4. The average molecular weight is 589 g/mol. The fourth-order valence-electron chi connectivity index (χ4n) is 9.68. The number of carbonyl (C=O) groups excluding carboxylic acids is 1. The molecule has 3 saturated carbocycles. The highest BCUT2D eigenvalue weighted by Crippen LogP contribution is 2.67. The lowest BCUT2D eigenvalue weighted by atomic mass is 9.45. The van der Waals surface area contributed by atoms with E-state index in [-0.39, 0.29) is 40.2 Å². The number of benzene rings is 1. The van der Waals surface area contributed by atoms with Crippen LogP contribution in [-0.4, -0.2) is 52.8 Å². The zero-order valence-corrected chi connectivity index (χ0v) is 26.5. The Balaban J connectivity index is 1.14. The van der Waals surface area contributed by atoms with Gasteiger partial charge in [0.2, 0.25) is 0 Å². The molecule has 42 heavy (non-hydrogen) atoms. The van der Waals surface area contributed by atoms with Gasteiger partial charge >= 0.3 is 0 Å². The highest BCUT2D eigenvalue weighted by atomic mass is 32.2. The van der Waals surface area contributed by atoms with Crippen LogP contribution in [0.4, 0.5) is 0 Å². The van der Waals surface area contributed by atoms with Gasteiger partial charge in [0.15, 0.2) is 10.9 Å². The molecule has 7 atom stereocenters. The Morgan fingerprint density at radius 2 is 1.95 bits per heavy atom. The maximum atomic E-state index is 13.9. The van der Waals surface area contributed by atoms with Gasteiger partial charge in [-0.05, 0) is 106 Å². The Bertz CT molecular complexity index is 1620. The number of hydrogen-bond donors (Lipinski definition) is 2. The van der Waals surface area contributed by atoms with Crippen molar-refractivity contribution >= 4 is 34.7 Å². The number of allylic oxidation sites excluding steroid dienone is 1. The van der Waals surface area contributed by atoms with Crippen molar-refractivity contribution in [2.75, 3.05) is 5.75 Å². The van der Waals surface area contributed by atoms with E-state index in [1.807, 2.05) is 42.1 Å². The smallest absolute Gasteiger partial charge is 0.175 e. The van der Waals surface area contributed by atoms with Crippen LogP contribution in [0.25, 0.3) is 17.1 Å². The van der Waals surface area contributed by atoms with Crippen molar-refractivity contribution in [2.45, 2.75) is 95.5 Å². The number of aliphatic hydroxyl groups excluding tert-OH is 1. The molecule has 224 valence electrons. The quantitative estimate of drug-likeness (QED) is 0.376. The van der Waals surface area contributed by atoms with Crippen LogP contribution < -0.4 is 0 Å². The number of hydrogen-bond acceptors (Lipinski definition) is 6. The second-order valence-corrected chi connectivity index (χ2v) is 15.9. The van der Waals surface area contributed by atoms with Crippen LogP contribution in [0.1, 0.15) is 78.0 Å². The summed E-state index contributed by atoms with van der Waals surface area (Å²) < 4.78 is 4.16. The molecular weight excluding hydrogens is 544 g/mol. The minimum atomic E-state index is -1.44. The van der Waals surface area contributed by atoms with E-state index >= 15 is 0 Å². The van der Waals surface area contributed by atoms with E-state index in [9.17, 15) is 15.0 Å². The van der Waals surface area contributed by atoms with Crippen molar-refractivity contribution in [3.8, 4) is 0 Å². The summed E-state index contributed by atoms with van der Waals surface area (Å²) in [4.78, 5) is 18.6. The first kappa shape index (κ1) is 28.4. The second-order valence-electron chi connectivity index (χ2n) is 15.0. The van der Waals surface area contributed by atoms with Crippen LogP contribution in [0.5, 0.6) is 0 Å². The first-order valence-electron chi connectivity index (χ1n) is 15.5. The van der Waals surface area contributed by atoms with Gasteiger partial charge in [0, 0.05) is 12.5 Å². The Labute approximate surface area is 252 Å². The number of aryl methyl sites for hydroxylation is 1. The van der Waals surface area contributed by atoms with E-state index in [4.69, 9.17) is 10.1 Å². The van der Waals surface area contributed by atoms with Gasteiger partial charge in [-0.3, -0.25) is 9.48 Å². The summed E-state index contributed by atoms with van der Waals surface area (Å²) in [6.45, 7) is 11.0. The van der Waals surface area contributed by atoms with Gasteiger partial charge in [-0.1, -0.05) is 43.3 Å². The standard InChI is InChI=1S/C34H44N4O3S/c1-31(2,3)38-26-15-21-11-12-22-23-13-14-34(41,28(40)19-42-30-36-24-9-7-8-10-25(24)37(30)6)33(23,5)17-27(39)29(22)32(21,4)16-20(26)18-35-38/h7-10,15,18,22-23,27,29,39,41H,11-14,16-17,19H2,1-6H3. The molecule has 0 radical (unpaired) electrons. The summed E-state index contributed by atoms with van der Waals surface area (Å²) in [5, 5.41) is 29.7. The molecule has 4 aliphatic carbocycles. The highest BCUT2D eigenvalue weighted by molar-refractivity contribution is 7.99. The summed E-state index contributed by atoms with van der Waals surface area (Å²) in [6, 6.07) is 7.96. The van der Waals surface area contributed by atoms with Crippen LogP contribution in [0.3, 0.4) is 0 Å². The van der Waals surface area contributed by atoms with Crippen LogP contribution in [0.15, 0.2) is 41.2 Å². The molecule has 0 saturated heterocycles. The molecular formula is C34H44N4O3S. The largest absolute Gasteiger partial charge is 0.393 e. The van der Waals surface area contributed by atoms with E-state index < -0.39 is 17.1 Å². The Morgan fingerprint density at radius 1 is 1.19 bits per heavy atom. The van der Waals surface area contributed by atoms with Crippen LogP contribution in [-0.2, 0) is 23.8 Å². The molecule has 4 aliphatic rings. The molecule has 7 rings (SSSR count). The average Bonchev–Trinajstić information content (AvgIpc) is 3.57. The summed E-state index contributed by atoms with van der Waals surface area (Å²) in [5.41, 5.74) is 3.50. The van der Waals surface area contributed by atoms with Gasteiger partial charge in [-0.15, -0.1) is 0 Å². The van der Waals surface area contributed by atoms with Gasteiger partial charge in [0.25, 0.3) is 0 Å². The third kappa shape index (κ3) is 3.83. The molecule has 3 fully saturated rings. The first-order valence-corrected chi connectivity index (χ1v) is 16.5. The van der Waals surface area contributed by atoms with Gasteiger partial charge in [-0.25, -0.2) is 4.98 Å². The van der Waals surface area contributed by atoms with Gasteiger partial charge in [0.1, 0.15) is 5.60 Å². The fourth-order valence-corrected chi connectivity index (χ4v) is 10.6. The van der Waals surface area contributed by atoms with E-state index in [0.29, 0.717) is 12.8 Å². The number of nitrogens with zero attached hydrogens (tertiary/aromatic N) is 4. The minimum absolute atomic E-state index is 0.0926. The number of imidazole rings is 1. The highest BCUT2D eigenvalue weighted by Gasteiger charge is 2.68. The third-order valence-electron chi connectivity index (χ3n) is 11.8. The number of fused-ring (bicyclic) bond motifs is 7. The topological polar surface area (TPSA) is 93.2 Å². The van der Waals surface area contributed by atoms with Crippen molar-refractivity contribution < 1.29 is 15.0 Å². The number of thioether (sulfide) groups is 1. The van der Waals surface area contributed by atoms with Crippen molar-refractivity contribution in [3.63, 3.8) is 0 Å². The number of aliphatic hydroxyl groups is 2. The Morgan fingerprint density at radius 3 is 2.69 bits per heavy atom. The van der Waals surface area contributed by atoms with Gasteiger partial charge < -0.3 is 14.8 Å². The SMILES string of the molecule is Cn1c(SCC(=O)C2(O)CCC3C4CCC5=Cc6c(cnn6C(C)(C)C)CC5(C)C4C(O)CC32C)nc2ccccc21. The number of ketones is 1. The van der Waals surface area contributed by atoms with Crippen LogP contribution >= 0.6 is 11.8 Å². The van der Waals surface area contributed by atoms with Crippen molar-refractivity contribution in [1.29, 1.82) is 0 Å². The normalized spacial score (nSPS) is 35.8. The lowest BCUT2D eigenvalue weighted by molar-refractivity contribution is -0.177.